The number of thioether (sulfide) groups is 1. The Bertz CT molecular complexity index is 1050. The average molecular weight is 584 g/mol. The lowest BCUT2D eigenvalue weighted by Crippen LogP contribution is -2.57. The van der Waals surface area contributed by atoms with E-state index < -0.39 is 60.2 Å². The molecule has 40 heavy (non-hydrogen) atoms. The normalized spacial score (nSPS) is 13.7. The van der Waals surface area contributed by atoms with Crippen LogP contribution in [0.5, 0.6) is 5.75 Å². The molecule has 3 amide bonds. The molecule has 1 aromatic rings. The van der Waals surface area contributed by atoms with Crippen molar-refractivity contribution in [3.8, 4) is 5.75 Å². The lowest BCUT2D eigenvalue weighted by atomic mass is 10.0. The highest BCUT2D eigenvalue weighted by atomic mass is 32.2. The van der Waals surface area contributed by atoms with Gasteiger partial charge in [0.15, 0.2) is 5.96 Å². The molecule has 15 nitrogen and oxygen atoms in total. The van der Waals surface area contributed by atoms with E-state index in [1.165, 1.54) is 23.9 Å². The number of guanidine groups is 1. The minimum absolute atomic E-state index is 0.00711. The monoisotopic (exact) mass is 583 g/mol. The van der Waals surface area contributed by atoms with E-state index in [-0.39, 0.29) is 43.9 Å². The fraction of sp³-hybridized carbons (Fsp3) is 0.500. The zero-order valence-electron chi connectivity index (χ0n) is 22.0. The van der Waals surface area contributed by atoms with Crippen molar-refractivity contribution in [1.82, 2.24) is 16.0 Å². The number of hydrogen-bond donors (Lipinski definition) is 9. The number of aliphatic carboxylic acids is 2. The van der Waals surface area contributed by atoms with Gasteiger partial charge in [0.2, 0.25) is 17.7 Å². The van der Waals surface area contributed by atoms with Gasteiger partial charge in [-0.2, -0.15) is 11.8 Å². The smallest absolute Gasteiger partial charge is 0.326 e. The average Bonchev–Trinajstić information content (AvgIpc) is 2.88. The number of rotatable bonds is 18. The number of carboxylic acids is 2. The standard InChI is InChI=1S/C24H37N7O8S/c1-40-10-8-17(23(38)39)30-22(37)18(12-19(33)34)31-21(36)16(3-2-9-28-24(26)27)29-20(35)15(25)11-13-4-6-14(32)7-5-13/h4-7,15-18,32H,2-3,8-12,25H2,1H3,(H,29,35)(H,30,37)(H,31,36)(H,33,34)(H,38,39)(H4,26,27,28). The molecule has 0 aliphatic heterocycles. The highest BCUT2D eigenvalue weighted by molar-refractivity contribution is 7.98. The van der Waals surface area contributed by atoms with Crippen molar-refractivity contribution in [1.29, 1.82) is 0 Å². The first-order valence-corrected chi connectivity index (χ1v) is 13.7. The van der Waals surface area contributed by atoms with Gasteiger partial charge in [0.05, 0.1) is 12.5 Å². The van der Waals surface area contributed by atoms with Crippen molar-refractivity contribution in [2.75, 3.05) is 18.6 Å². The van der Waals surface area contributed by atoms with E-state index in [1.807, 2.05) is 0 Å². The zero-order valence-corrected chi connectivity index (χ0v) is 22.9. The molecule has 1 rings (SSSR count). The fourth-order valence-electron chi connectivity index (χ4n) is 3.45. The quantitative estimate of drug-likeness (QED) is 0.0520. The van der Waals surface area contributed by atoms with E-state index >= 15 is 0 Å². The third-order valence-electron chi connectivity index (χ3n) is 5.54. The second kappa shape index (κ2) is 17.5. The third-order valence-corrected chi connectivity index (χ3v) is 6.19. The molecule has 0 heterocycles. The van der Waals surface area contributed by atoms with Crippen LogP contribution in [0.1, 0.15) is 31.2 Å². The van der Waals surface area contributed by atoms with Crippen LogP contribution in [0, 0.1) is 0 Å². The second-order valence-electron chi connectivity index (χ2n) is 8.83. The van der Waals surface area contributed by atoms with Crippen LogP contribution in [-0.2, 0) is 30.4 Å². The third kappa shape index (κ3) is 13.1. The summed E-state index contributed by atoms with van der Waals surface area (Å²) in [5.74, 6) is -5.02. The zero-order chi connectivity index (χ0) is 30.2. The van der Waals surface area contributed by atoms with E-state index in [4.69, 9.17) is 17.2 Å². The molecule has 0 saturated heterocycles. The summed E-state index contributed by atoms with van der Waals surface area (Å²) in [6, 6.07) is 0.797. The Morgan fingerprint density at radius 1 is 0.900 bits per heavy atom. The van der Waals surface area contributed by atoms with E-state index in [0.29, 0.717) is 11.3 Å². The molecule has 0 radical (unpaired) electrons. The van der Waals surface area contributed by atoms with E-state index in [9.17, 15) is 39.3 Å². The van der Waals surface area contributed by atoms with Gasteiger partial charge in [-0.15, -0.1) is 0 Å². The number of amides is 3. The molecule has 0 fully saturated rings. The highest BCUT2D eigenvalue weighted by Crippen LogP contribution is 2.11. The number of nitrogens with one attached hydrogen (secondary N) is 3. The molecule has 4 atom stereocenters. The summed E-state index contributed by atoms with van der Waals surface area (Å²) in [4.78, 5) is 65.5. The number of phenolic OH excluding ortho intramolecular Hbond substituents is 1. The predicted molar refractivity (Wildman–Crippen MR) is 148 cm³/mol. The Kier molecular flexibility index (Phi) is 14.9. The van der Waals surface area contributed by atoms with Crippen LogP contribution < -0.4 is 33.2 Å². The van der Waals surface area contributed by atoms with Crippen LogP contribution in [-0.4, -0.2) is 93.7 Å². The Hall–Kier alpha value is -4.05. The molecule has 0 bridgehead atoms. The number of carbonyl (C=O) groups is 5. The van der Waals surface area contributed by atoms with Crippen molar-refractivity contribution in [2.45, 2.75) is 56.3 Å². The number of aromatic hydroxyl groups is 1. The summed E-state index contributed by atoms with van der Waals surface area (Å²) in [6.45, 7) is 0.121. The van der Waals surface area contributed by atoms with Gasteiger partial charge in [0.1, 0.15) is 23.9 Å². The summed E-state index contributed by atoms with van der Waals surface area (Å²) >= 11 is 1.36. The van der Waals surface area contributed by atoms with Gasteiger partial charge in [0.25, 0.3) is 0 Å². The van der Waals surface area contributed by atoms with Crippen LogP contribution in [0.25, 0.3) is 0 Å². The number of benzene rings is 1. The Labute approximate surface area is 235 Å². The van der Waals surface area contributed by atoms with Crippen molar-refractivity contribution < 1.29 is 39.3 Å². The molecule has 0 spiro atoms. The van der Waals surface area contributed by atoms with E-state index in [0.717, 1.165) is 0 Å². The fourth-order valence-corrected chi connectivity index (χ4v) is 3.92. The Balaban J connectivity index is 3.03. The highest BCUT2D eigenvalue weighted by Gasteiger charge is 2.31. The number of nitrogens with two attached hydrogens (primary N) is 3. The number of carbonyl (C=O) groups excluding carboxylic acids is 3. The number of hydrogen-bond acceptors (Lipinski definition) is 9. The molecule has 222 valence electrons. The van der Waals surface area contributed by atoms with Gasteiger partial charge < -0.3 is 48.5 Å². The van der Waals surface area contributed by atoms with E-state index in [1.54, 1.807) is 18.4 Å². The summed E-state index contributed by atoms with van der Waals surface area (Å²) in [5.41, 5.74) is 17.3. The molecule has 12 N–H and O–H groups in total. The van der Waals surface area contributed by atoms with Crippen LogP contribution >= 0.6 is 11.8 Å². The first-order chi connectivity index (χ1) is 18.8. The number of nitrogens with zero attached hydrogens (tertiary/aromatic N) is 1. The Morgan fingerprint density at radius 3 is 2.02 bits per heavy atom. The van der Waals surface area contributed by atoms with Gasteiger partial charge in [0, 0.05) is 6.54 Å². The summed E-state index contributed by atoms with van der Waals surface area (Å²) in [7, 11) is 0. The SMILES string of the molecule is CSCCC(NC(=O)C(CC(=O)O)NC(=O)C(CCCN=C(N)N)NC(=O)C(N)Cc1ccc(O)cc1)C(=O)O. The summed E-state index contributed by atoms with van der Waals surface area (Å²) in [6.07, 6.45) is 1.33. The van der Waals surface area contributed by atoms with Gasteiger partial charge >= 0.3 is 11.9 Å². The first-order valence-electron chi connectivity index (χ1n) is 12.3. The van der Waals surface area contributed by atoms with Gasteiger partial charge in [-0.25, -0.2) is 4.79 Å². The Morgan fingerprint density at radius 2 is 1.48 bits per heavy atom. The minimum Gasteiger partial charge on any atom is -0.508 e. The van der Waals surface area contributed by atoms with Crippen LogP contribution in [0.15, 0.2) is 29.3 Å². The minimum atomic E-state index is -1.62. The lowest BCUT2D eigenvalue weighted by Gasteiger charge is -2.24. The number of carboxylic acid groups (broad SMARTS) is 2. The molecule has 4 unspecified atom stereocenters. The van der Waals surface area contributed by atoms with Crippen molar-refractivity contribution in [2.24, 2.45) is 22.2 Å². The molecule has 16 heteroatoms. The molecule has 0 saturated carbocycles. The maximum atomic E-state index is 13.1. The van der Waals surface area contributed by atoms with Gasteiger partial charge in [-0.05, 0) is 55.4 Å². The molecule has 1 aromatic carbocycles. The van der Waals surface area contributed by atoms with Crippen molar-refractivity contribution in [3.05, 3.63) is 29.8 Å². The molecule has 0 aliphatic carbocycles. The van der Waals surface area contributed by atoms with Gasteiger partial charge in [-0.1, -0.05) is 12.1 Å². The van der Waals surface area contributed by atoms with Gasteiger partial charge in [-0.3, -0.25) is 24.2 Å². The van der Waals surface area contributed by atoms with Crippen molar-refractivity contribution >= 4 is 47.4 Å². The van der Waals surface area contributed by atoms with Crippen LogP contribution in [0.3, 0.4) is 0 Å². The summed E-state index contributed by atoms with van der Waals surface area (Å²) < 4.78 is 0. The lowest BCUT2D eigenvalue weighted by molar-refractivity contribution is -0.143. The first kappa shape index (κ1) is 34.0. The van der Waals surface area contributed by atoms with Crippen molar-refractivity contribution in [3.63, 3.8) is 0 Å². The molecule has 0 aromatic heterocycles. The van der Waals surface area contributed by atoms with Crippen LogP contribution in [0.2, 0.25) is 0 Å². The topological polar surface area (TPSA) is 273 Å². The summed E-state index contributed by atoms with van der Waals surface area (Å²) in [5, 5.41) is 35.1. The maximum absolute atomic E-state index is 13.1. The van der Waals surface area contributed by atoms with E-state index in [2.05, 4.69) is 20.9 Å². The number of phenols is 1. The second-order valence-corrected chi connectivity index (χ2v) is 9.81. The predicted octanol–water partition coefficient (Wildman–Crippen LogP) is -1.92. The van der Waals surface area contributed by atoms with Crippen LogP contribution in [0.4, 0.5) is 0 Å². The largest absolute Gasteiger partial charge is 0.508 e. The molecular weight excluding hydrogens is 546 g/mol. The number of aliphatic imine (C=N–C) groups is 1. The molecule has 0 aliphatic rings. The molecular formula is C24H37N7O8S. The maximum Gasteiger partial charge on any atom is 0.326 e.